The van der Waals surface area contributed by atoms with Gasteiger partial charge in [-0.3, -0.25) is 9.59 Å². The van der Waals surface area contributed by atoms with Crippen LogP contribution >= 0.6 is 11.3 Å². The number of hydrogen-bond acceptors (Lipinski definition) is 5. The highest BCUT2D eigenvalue weighted by atomic mass is 32.1. The first-order valence-electron chi connectivity index (χ1n) is 9.05. The number of benzene rings is 2. The molecule has 0 atom stereocenters. The monoisotopic (exact) mass is 444 g/mol. The zero-order chi connectivity index (χ0) is 22.2. The van der Waals surface area contributed by atoms with E-state index in [4.69, 9.17) is 4.74 Å². The van der Waals surface area contributed by atoms with E-state index >= 15 is 0 Å². The lowest BCUT2D eigenvalue weighted by atomic mass is 10.1. The van der Waals surface area contributed by atoms with Crippen LogP contribution in [0.3, 0.4) is 0 Å². The minimum Gasteiger partial charge on any atom is -0.497 e. The summed E-state index contributed by atoms with van der Waals surface area (Å²) in [6.45, 7) is 0. The Hall–Kier alpha value is -3.59. The van der Waals surface area contributed by atoms with Gasteiger partial charge in [0.05, 0.1) is 23.9 Å². The van der Waals surface area contributed by atoms with Gasteiger partial charge in [0, 0.05) is 10.6 Å². The van der Waals surface area contributed by atoms with E-state index in [0.717, 1.165) is 29.2 Å². The van der Waals surface area contributed by atoms with Crippen LogP contribution in [0.15, 0.2) is 71.7 Å². The number of imide groups is 1. The predicted octanol–water partition coefficient (Wildman–Crippen LogP) is 5.17. The van der Waals surface area contributed by atoms with Crippen LogP contribution in [0.1, 0.15) is 10.4 Å². The molecule has 2 amide bonds. The van der Waals surface area contributed by atoms with Gasteiger partial charge >= 0.3 is 6.18 Å². The number of alkyl halides is 3. The number of anilines is 2. The van der Waals surface area contributed by atoms with Gasteiger partial charge in [-0.25, -0.2) is 4.90 Å². The first-order chi connectivity index (χ1) is 14.8. The molecule has 1 aromatic heterocycles. The summed E-state index contributed by atoms with van der Waals surface area (Å²) in [5.41, 5.74) is -0.0320. The fourth-order valence-electron chi connectivity index (χ4n) is 3.15. The molecule has 9 heteroatoms. The fourth-order valence-corrected chi connectivity index (χ4v) is 3.92. The molecule has 1 aliphatic heterocycles. The van der Waals surface area contributed by atoms with E-state index in [1.54, 1.807) is 41.8 Å². The molecule has 0 aliphatic carbocycles. The van der Waals surface area contributed by atoms with Crippen LogP contribution in [0.2, 0.25) is 0 Å². The maximum Gasteiger partial charge on any atom is 0.416 e. The molecule has 0 radical (unpaired) electrons. The van der Waals surface area contributed by atoms with Crippen LogP contribution in [-0.4, -0.2) is 18.9 Å². The maximum atomic E-state index is 13.2. The molecule has 2 aromatic carbocycles. The third kappa shape index (κ3) is 3.91. The summed E-state index contributed by atoms with van der Waals surface area (Å²) in [6.07, 6.45) is -4.51. The lowest BCUT2D eigenvalue weighted by molar-refractivity contribution is -0.137. The number of nitrogens with zero attached hydrogens (tertiary/aromatic N) is 1. The Morgan fingerprint density at radius 3 is 2.16 bits per heavy atom. The van der Waals surface area contributed by atoms with Gasteiger partial charge in [0.15, 0.2) is 0 Å². The number of amides is 2. The molecule has 2 heterocycles. The molecule has 0 spiro atoms. The van der Waals surface area contributed by atoms with E-state index in [0.29, 0.717) is 16.3 Å². The van der Waals surface area contributed by atoms with Crippen molar-refractivity contribution in [1.29, 1.82) is 0 Å². The van der Waals surface area contributed by atoms with Crippen molar-refractivity contribution in [2.24, 2.45) is 0 Å². The van der Waals surface area contributed by atoms with Crippen molar-refractivity contribution >= 4 is 40.1 Å². The Labute approximate surface area is 179 Å². The smallest absolute Gasteiger partial charge is 0.416 e. The number of carbonyl (C=O) groups is 2. The van der Waals surface area contributed by atoms with E-state index in [1.807, 2.05) is 0 Å². The zero-order valence-electron chi connectivity index (χ0n) is 16.1. The number of carbonyl (C=O) groups excluding carboxylic acids is 2. The van der Waals surface area contributed by atoms with Crippen LogP contribution in [0.25, 0.3) is 5.57 Å². The molecule has 5 nitrogen and oxygen atoms in total. The van der Waals surface area contributed by atoms with Gasteiger partial charge in [0.1, 0.15) is 11.4 Å². The quantitative estimate of drug-likeness (QED) is 0.552. The van der Waals surface area contributed by atoms with E-state index in [2.05, 4.69) is 5.32 Å². The normalized spacial score (nSPS) is 14.4. The van der Waals surface area contributed by atoms with Gasteiger partial charge in [-0.1, -0.05) is 6.07 Å². The largest absolute Gasteiger partial charge is 0.497 e. The number of ether oxygens (including phenoxy) is 1. The van der Waals surface area contributed by atoms with Crippen LogP contribution in [0.5, 0.6) is 5.75 Å². The van der Waals surface area contributed by atoms with Crippen molar-refractivity contribution in [3.63, 3.8) is 0 Å². The maximum absolute atomic E-state index is 13.2. The van der Waals surface area contributed by atoms with Gasteiger partial charge in [-0.05, 0) is 60.0 Å². The molecule has 1 N–H and O–H groups in total. The lowest BCUT2D eigenvalue weighted by Gasteiger charge is -2.16. The number of nitrogens with one attached hydrogen (secondary N) is 1. The Balaban J connectivity index is 1.72. The average Bonchev–Trinajstić information content (AvgIpc) is 3.35. The highest BCUT2D eigenvalue weighted by Crippen LogP contribution is 2.37. The van der Waals surface area contributed by atoms with E-state index in [9.17, 15) is 22.8 Å². The first kappa shape index (κ1) is 20.7. The van der Waals surface area contributed by atoms with Crippen LogP contribution < -0.4 is 15.0 Å². The molecule has 0 fully saturated rings. The molecule has 158 valence electrons. The Kier molecular flexibility index (Phi) is 5.28. The van der Waals surface area contributed by atoms with E-state index in [1.165, 1.54) is 18.4 Å². The number of thiophene rings is 1. The van der Waals surface area contributed by atoms with Gasteiger partial charge < -0.3 is 10.1 Å². The zero-order valence-corrected chi connectivity index (χ0v) is 16.9. The Morgan fingerprint density at radius 1 is 0.935 bits per heavy atom. The van der Waals surface area contributed by atoms with Gasteiger partial charge in [-0.15, -0.1) is 11.3 Å². The molecule has 4 rings (SSSR count). The summed E-state index contributed by atoms with van der Waals surface area (Å²) in [6, 6.07) is 14.1. The number of halogens is 3. The van der Waals surface area contributed by atoms with Crippen molar-refractivity contribution in [2.45, 2.75) is 6.18 Å². The summed E-state index contributed by atoms with van der Waals surface area (Å²) in [4.78, 5) is 27.8. The van der Waals surface area contributed by atoms with E-state index < -0.39 is 23.6 Å². The average molecular weight is 444 g/mol. The minimum absolute atomic E-state index is 0.0533. The Morgan fingerprint density at radius 2 is 1.61 bits per heavy atom. The van der Waals surface area contributed by atoms with Crippen LogP contribution in [-0.2, 0) is 15.8 Å². The fraction of sp³-hybridized carbons (Fsp3) is 0.0909. The summed E-state index contributed by atoms with van der Waals surface area (Å²) in [5, 5.41) is 4.75. The molecule has 0 saturated heterocycles. The highest BCUT2D eigenvalue weighted by molar-refractivity contribution is 7.11. The topological polar surface area (TPSA) is 58.6 Å². The summed E-state index contributed by atoms with van der Waals surface area (Å²) in [7, 11) is 1.53. The van der Waals surface area contributed by atoms with Crippen LogP contribution in [0.4, 0.5) is 24.5 Å². The van der Waals surface area contributed by atoms with Crippen LogP contribution in [0, 0.1) is 0 Å². The van der Waals surface area contributed by atoms with E-state index in [-0.39, 0.29) is 17.0 Å². The molecular formula is C22H15F3N2O3S. The third-order valence-electron chi connectivity index (χ3n) is 4.66. The molecule has 3 aromatic rings. The van der Waals surface area contributed by atoms with Crippen molar-refractivity contribution in [3.8, 4) is 5.75 Å². The standard InChI is InChI=1S/C22H15F3N2O3S/c1-30-16-10-6-14(7-11-16)26-19-18(17-3-2-12-31-17)20(28)27(21(19)29)15-8-4-13(5-9-15)22(23,24)25/h2-12,26H,1H3. The number of hydrogen-bond donors (Lipinski definition) is 1. The number of methoxy groups -OCH3 is 1. The molecule has 0 saturated carbocycles. The van der Waals surface area contributed by atoms with Gasteiger partial charge in [0.2, 0.25) is 0 Å². The van der Waals surface area contributed by atoms with Crippen molar-refractivity contribution in [1.82, 2.24) is 0 Å². The molecule has 0 unspecified atom stereocenters. The molecular weight excluding hydrogens is 429 g/mol. The van der Waals surface area contributed by atoms with Crippen molar-refractivity contribution in [3.05, 3.63) is 82.2 Å². The lowest BCUT2D eigenvalue weighted by Crippen LogP contribution is -2.32. The summed E-state index contributed by atoms with van der Waals surface area (Å²) in [5.74, 6) is -0.634. The SMILES string of the molecule is COc1ccc(NC2=C(c3cccs3)C(=O)N(c3ccc(C(F)(F)F)cc3)C2=O)cc1. The second-order valence-corrected chi connectivity index (χ2v) is 7.52. The first-order valence-corrected chi connectivity index (χ1v) is 9.93. The van der Waals surface area contributed by atoms with Gasteiger partial charge in [0.25, 0.3) is 11.8 Å². The molecule has 1 aliphatic rings. The minimum atomic E-state index is -4.51. The Bertz CT molecular complexity index is 1150. The van der Waals surface area contributed by atoms with Crippen molar-refractivity contribution in [2.75, 3.05) is 17.3 Å². The third-order valence-corrected chi connectivity index (χ3v) is 5.55. The van der Waals surface area contributed by atoms with Gasteiger partial charge in [-0.2, -0.15) is 13.2 Å². The molecule has 31 heavy (non-hydrogen) atoms. The highest BCUT2D eigenvalue weighted by Gasteiger charge is 2.41. The number of rotatable bonds is 5. The second-order valence-electron chi connectivity index (χ2n) is 6.57. The second kappa shape index (κ2) is 7.92. The molecule has 0 bridgehead atoms. The van der Waals surface area contributed by atoms with Crippen molar-refractivity contribution < 1.29 is 27.5 Å². The summed E-state index contributed by atoms with van der Waals surface area (Å²) >= 11 is 1.28. The summed E-state index contributed by atoms with van der Waals surface area (Å²) < 4.78 is 43.8. The predicted molar refractivity (Wildman–Crippen MR) is 112 cm³/mol.